The molecule has 0 saturated heterocycles. The highest BCUT2D eigenvalue weighted by atomic mass is 16.5. The van der Waals surface area contributed by atoms with Gasteiger partial charge in [-0.25, -0.2) is 4.98 Å². The highest BCUT2D eigenvalue weighted by Crippen LogP contribution is 2.25. The Kier molecular flexibility index (Phi) is 4.81. The van der Waals surface area contributed by atoms with Crippen LogP contribution in [0.5, 0.6) is 11.5 Å². The number of benzene rings is 1. The van der Waals surface area contributed by atoms with Crippen molar-refractivity contribution in [3.63, 3.8) is 0 Å². The Morgan fingerprint density at radius 1 is 1.19 bits per heavy atom. The molecule has 21 heavy (non-hydrogen) atoms. The van der Waals surface area contributed by atoms with Crippen molar-refractivity contribution in [2.45, 2.75) is 13.5 Å². The molecule has 0 aliphatic carbocycles. The molecule has 0 aliphatic heterocycles. The largest absolute Gasteiger partial charge is 0.497 e. The summed E-state index contributed by atoms with van der Waals surface area (Å²) in [4.78, 5) is 8.56. The summed E-state index contributed by atoms with van der Waals surface area (Å²) in [6.45, 7) is 2.57. The second-order valence-corrected chi connectivity index (χ2v) is 4.51. The molecule has 0 atom stereocenters. The molecule has 2 aromatic rings. The molecule has 1 heterocycles. The molecule has 0 bridgehead atoms. The van der Waals surface area contributed by atoms with Crippen LogP contribution in [0.15, 0.2) is 24.4 Å². The molecule has 1 aromatic heterocycles. The fourth-order valence-corrected chi connectivity index (χ4v) is 1.92. The summed E-state index contributed by atoms with van der Waals surface area (Å²) in [6, 6.07) is 5.74. The second kappa shape index (κ2) is 6.78. The topological polar surface area (TPSA) is 68.3 Å². The Balaban J connectivity index is 2.16. The number of aromatic nitrogens is 2. The monoisotopic (exact) mass is 288 g/mol. The minimum atomic E-state index is 0.588. The molecular weight excluding hydrogens is 268 g/mol. The first-order valence-corrected chi connectivity index (χ1v) is 6.64. The lowest BCUT2D eigenvalue weighted by molar-refractivity contribution is 0.391. The number of methoxy groups -OCH3 is 2. The SMILES string of the molecule is CNc1ncc(C)c(NCc2ccc(OC)cc2OC)n1. The van der Waals surface area contributed by atoms with Crippen molar-refractivity contribution in [1.29, 1.82) is 0 Å². The summed E-state index contributed by atoms with van der Waals surface area (Å²) in [7, 11) is 5.07. The van der Waals surface area contributed by atoms with Crippen LogP contribution >= 0.6 is 0 Å². The number of hydrogen-bond donors (Lipinski definition) is 2. The first-order valence-electron chi connectivity index (χ1n) is 6.64. The third kappa shape index (κ3) is 3.53. The zero-order valence-corrected chi connectivity index (χ0v) is 12.7. The van der Waals surface area contributed by atoms with Gasteiger partial charge >= 0.3 is 0 Å². The molecule has 0 aliphatic rings. The van der Waals surface area contributed by atoms with Crippen molar-refractivity contribution >= 4 is 11.8 Å². The lowest BCUT2D eigenvalue weighted by atomic mass is 10.2. The van der Waals surface area contributed by atoms with E-state index in [4.69, 9.17) is 9.47 Å². The maximum absolute atomic E-state index is 5.39. The molecule has 6 heteroatoms. The Morgan fingerprint density at radius 3 is 2.67 bits per heavy atom. The number of nitrogens with one attached hydrogen (secondary N) is 2. The van der Waals surface area contributed by atoms with Gasteiger partial charge in [-0.05, 0) is 19.1 Å². The van der Waals surface area contributed by atoms with E-state index in [1.54, 1.807) is 27.5 Å². The van der Waals surface area contributed by atoms with Crippen LogP contribution in [0, 0.1) is 6.92 Å². The van der Waals surface area contributed by atoms with Crippen molar-refractivity contribution in [3.8, 4) is 11.5 Å². The zero-order valence-electron chi connectivity index (χ0n) is 12.7. The number of ether oxygens (including phenoxy) is 2. The third-order valence-corrected chi connectivity index (χ3v) is 3.14. The van der Waals surface area contributed by atoms with Gasteiger partial charge in [0.15, 0.2) is 0 Å². The van der Waals surface area contributed by atoms with Crippen LogP contribution in [0.25, 0.3) is 0 Å². The first kappa shape index (κ1) is 14.9. The summed E-state index contributed by atoms with van der Waals surface area (Å²) in [5.41, 5.74) is 2.02. The van der Waals surface area contributed by atoms with Crippen LogP contribution in [0.2, 0.25) is 0 Å². The van der Waals surface area contributed by atoms with Crippen LogP contribution < -0.4 is 20.1 Å². The molecule has 0 radical (unpaired) electrons. The second-order valence-electron chi connectivity index (χ2n) is 4.51. The van der Waals surface area contributed by atoms with Crippen LogP contribution in [-0.4, -0.2) is 31.2 Å². The van der Waals surface area contributed by atoms with Crippen LogP contribution in [0.4, 0.5) is 11.8 Å². The summed E-state index contributed by atoms with van der Waals surface area (Å²) < 4.78 is 10.6. The molecule has 0 unspecified atom stereocenters. The summed E-state index contributed by atoms with van der Waals surface area (Å²) >= 11 is 0. The van der Waals surface area contributed by atoms with E-state index >= 15 is 0 Å². The predicted octanol–water partition coefficient (Wildman–Crippen LogP) is 2.46. The standard InChI is InChI=1S/C15H20N4O2/c1-10-8-18-15(16-2)19-14(10)17-9-11-5-6-12(20-3)7-13(11)21-4/h5-8H,9H2,1-4H3,(H2,16,17,18,19). The van der Waals surface area contributed by atoms with Gasteiger partial charge in [0.1, 0.15) is 17.3 Å². The highest BCUT2D eigenvalue weighted by molar-refractivity contribution is 5.48. The normalized spacial score (nSPS) is 10.1. The molecule has 0 fully saturated rings. The van der Waals surface area contributed by atoms with Gasteiger partial charge in [0.25, 0.3) is 0 Å². The van der Waals surface area contributed by atoms with Gasteiger partial charge in [0.05, 0.1) is 14.2 Å². The van der Waals surface area contributed by atoms with E-state index in [-0.39, 0.29) is 0 Å². The first-order chi connectivity index (χ1) is 10.2. The minimum Gasteiger partial charge on any atom is -0.497 e. The van der Waals surface area contributed by atoms with Gasteiger partial charge in [-0.3, -0.25) is 0 Å². The summed E-state index contributed by atoms with van der Waals surface area (Å²) in [5, 5.41) is 6.23. The molecule has 2 rings (SSSR count). The van der Waals surface area contributed by atoms with Crippen molar-refractivity contribution in [2.75, 3.05) is 31.9 Å². The fraction of sp³-hybridized carbons (Fsp3) is 0.333. The van der Waals surface area contributed by atoms with Crippen molar-refractivity contribution in [2.24, 2.45) is 0 Å². The molecule has 0 spiro atoms. The summed E-state index contributed by atoms with van der Waals surface area (Å²) in [5.74, 6) is 2.94. The Morgan fingerprint density at radius 2 is 2.00 bits per heavy atom. The lowest BCUT2D eigenvalue weighted by Gasteiger charge is -2.13. The molecule has 2 N–H and O–H groups in total. The number of anilines is 2. The molecule has 1 aromatic carbocycles. The molecule has 112 valence electrons. The average molecular weight is 288 g/mol. The van der Waals surface area contributed by atoms with Crippen LogP contribution in [0.3, 0.4) is 0 Å². The van der Waals surface area contributed by atoms with E-state index in [1.165, 1.54) is 0 Å². The van der Waals surface area contributed by atoms with Gasteiger partial charge < -0.3 is 20.1 Å². The third-order valence-electron chi connectivity index (χ3n) is 3.14. The maximum Gasteiger partial charge on any atom is 0.224 e. The maximum atomic E-state index is 5.39. The van der Waals surface area contributed by atoms with Gasteiger partial charge in [0.2, 0.25) is 5.95 Å². The van der Waals surface area contributed by atoms with Gasteiger partial charge in [0, 0.05) is 37.0 Å². The Labute approximate surface area is 124 Å². The average Bonchev–Trinajstić information content (AvgIpc) is 2.54. The van der Waals surface area contributed by atoms with Crippen molar-refractivity contribution in [1.82, 2.24) is 9.97 Å². The molecular formula is C15H20N4O2. The van der Waals surface area contributed by atoms with Gasteiger partial charge in [-0.15, -0.1) is 0 Å². The lowest BCUT2D eigenvalue weighted by Crippen LogP contribution is -2.07. The number of hydrogen-bond acceptors (Lipinski definition) is 6. The minimum absolute atomic E-state index is 0.588. The van der Waals surface area contributed by atoms with E-state index in [9.17, 15) is 0 Å². The zero-order chi connectivity index (χ0) is 15.2. The smallest absolute Gasteiger partial charge is 0.224 e. The number of nitrogens with zero attached hydrogens (tertiary/aromatic N) is 2. The number of rotatable bonds is 6. The molecule has 6 nitrogen and oxygen atoms in total. The Hall–Kier alpha value is -2.50. The molecule has 0 amide bonds. The van der Waals surface area contributed by atoms with Crippen LogP contribution in [0.1, 0.15) is 11.1 Å². The quantitative estimate of drug-likeness (QED) is 0.851. The number of aryl methyl sites for hydroxylation is 1. The van der Waals surface area contributed by atoms with E-state index in [2.05, 4.69) is 20.6 Å². The Bertz CT molecular complexity index is 617. The van der Waals surface area contributed by atoms with Crippen LogP contribution in [-0.2, 0) is 6.54 Å². The van der Waals surface area contributed by atoms with Crippen molar-refractivity contribution in [3.05, 3.63) is 35.5 Å². The van der Waals surface area contributed by atoms with E-state index < -0.39 is 0 Å². The van der Waals surface area contributed by atoms with Gasteiger partial charge in [-0.1, -0.05) is 0 Å². The fourth-order valence-electron chi connectivity index (χ4n) is 1.92. The predicted molar refractivity (Wildman–Crippen MR) is 83.2 cm³/mol. The summed E-state index contributed by atoms with van der Waals surface area (Å²) in [6.07, 6.45) is 1.78. The molecule has 0 saturated carbocycles. The van der Waals surface area contributed by atoms with E-state index in [0.29, 0.717) is 12.5 Å². The van der Waals surface area contributed by atoms with Crippen molar-refractivity contribution < 1.29 is 9.47 Å². The highest BCUT2D eigenvalue weighted by Gasteiger charge is 2.07. The van der Waals surface area contributed by atoms with E-state index in [1.807, 2.05) is 25.1 Å². The van der Waals surface area contributed by atoms with Gasteiger partial charge in [-0.2, -0.15) is 4.98 Å². The van der Waals surface area contributed by atoms with E-state index in [0.717, 1.165) is 28.4 Å².